The fourth-order valence-corrected chi connectivity index (χ4v) is 4.52. The van der Waals surface area contributed by atoms with Crippen LogP contribution in [0.5, 0.6) is 0 Å². The number of anilines is 1. The molecule has 2 aromatic rings. The first-order valence-corrected chi connectivity index (χ1v) is 10.1. The Labute approximate surface area is 182 Å². The second kappa shape index (κ2) is 9.80. The van der Waals surface area contributed by atoms with Gasteiger partial charge in [-0.3, -0.25) is 9.69 Å². The highest BCUT2D eigenvalue weighted by Crippen LogP contribution is 2.38. The maximum Gasteiger partial charge on any atom is 0.416 e. The molecule has 1 aliphatic heterocycles. The number of carbonyl (C=O) groups excluding carboxylic acids is 2. The maximum absolute atomic E-state index is 12.9. The van der Waals surface area contributed by atoms with E-state index < -0.39 is 23.6 Å². The van der Waals surface area contributed by atoms with Crippen LogP contribution in [0.3, 0.4) is 0 Å². The van der Waals surface area contributed by atoms with Crippen LogP contribution in [0.2, 0.25) is 0 Å². The van der Waals surface area contributed by atoms with Gasteiger partial charge in [0, 0.05) is 23.5 Å². The number of likely N-dealkylation sites (N-methyl/N-ethyl adjacent to an activating group) is 1. The second-order valence-electron chi connectivity index (χ2n) is 6.58. The molecule has 10 heteroatoms. The molecule has 0 bridgehead atoms. The van der Waals surface area contributed by atoms with Gasteiger partial charge < -0.3 is 10.1 Å². The van der Waals surface area contributed by atoms with Crippen molar-refractivity contribution in [1.29, 1.82) is 0 Å². The van der Waals surface area contributed by atoms with Gasteiger partial charge in [0.15, 0.2) is 0 Å². The summed E-state index contributed by atoms with van der Waals surface area (Å²) in [6, 6.07) is 4.19. The van der Waals surface area contributed by atoms with Gasteiger partial charge in [-0.25, -0.2) is 4.79 Å². The fraction of sp³-hybridized carbons (Fsp3) is 0.400. The number of benzene rings is 1. The molecule has 0 saturated heterocycles. The van der Waals surface area contributed by atoms with Crippen LogP contribution >= 0.6 is 23.7 Å². The number of alkyl halides is 3. The highest BCUT2D eigenvalue weighted by Gasteiger charge is 2.32. The largest absolute Gasteiger partial charge is 0.462 e. The van der Waals surface area contributed by atoms with Gasteiger partial charge in [-0.05, 0) is 43.7 Å². The molecule has 0 saturated carbocycles. The summed E-state index contributed by atoms with van der Waals surface area (Å²) in [6.07, 6.45) is -3.90. The van der Waals surface area contributed by atoms with Crippen LogP contribution in [0.4, 0.5) is 18.2 Å². The number of nitrogens with one attached hydrogen (secondary N) is 1. The standard InChI is InChI=1S/C20H21F3N2O3S.ClH/c1-3-25-9-8-14-15(11-25)29-18(16(14)19(27)28-4-2)24-17(26)12-6-5-7-13(10-12)20(21,22)23;/h5-7,10H,3-4,8-9,11H2,1-2H3,(H,24,26);1H. The van der Waals surface area contributed by atoms with E-state index in [0.717, 1.165) is 35.7 Å². The molecule has 0 spiro atoms. The first-order valence-electron chi connectivity index (χ1n) is 9.27. The number of rotatable bonds is 5. The number of esters is 1. The number of hydrogen-bond acceptors (Lipinski definition) is 5. The van der Waals surface area contributed by atoms with E-state index in [-0.39, 0.29) is 24.6 Å². The van der Waals surface area contributed by atoms with Gasteiger partial charge in [0.1, 0.15) is 5.00 Å². The molecule has 1 aromatic carbocycles. The molecule has 0 fully saturated rings. The molecule has 164 valence electrons. The highest BCUT2D eigenvalue weighted by atomic mass is 35.5. The molecular formula is C20H22ClF3N2O3S. The third-order valence-electron chi connectivity index (χ3n) is 4.74. The number of ether oxygens (including phenoxy) is 1. The SMILES string of the molecule is CCOC(=O)c1c(NC(=O)c2cccc(C(F)(F)F)c2)sc2c1CCN(CC)C2.Cl. The van der Waals surface area contributed by atoms with Crippen LogP contribution < -0.4 is 5.32 Å². The first kappa shape index (κ1) is 24.2. The van der Waals surface area contributed by atoms with Crippen LogP contribution in [0.15, 0.2) is 24.3 Å². The van der Waals surface area contributed by atoms with Crippen LogP contribution in [0, 0.1) is 0 Å². The first-order chi connectivity index (χ1) is 13.7. The van der Waals surface area contributed by atoms with Crippen molar-refractivity contribution in [3.8, 4) is 0 Å². The molecule has 2 heterocycles. The van der Waals surface area contributed by atoms with Crippen molar-refractivity contribution in [2.24, 2.45) is 0 Å². The highest BCUT2D eigenvalue weighted by molar-refractivity contribution is 7.17. The van der Waals surface area contributed by atoms with Gasteiger partial charge in [-0.2, -0.15) is 13.2 Å². The molecule has 1 aromatic heterocycles. The van der Waals surface area contributed by atoms with Crippen molar-refractivity contribution in [3.05, 3.63) is 51.4 Å². The molecule has 1 amide bonds. The minimum atomic E-state index is -4.54. The Morgan fingerprint density at radius 3 is 2.63 bits per heavy atom. The molecule has 5 nitrogen and oxygen atoms in total. The maximum atomic E-state index is 12.9. The molecule has 1 aliphatic rings. The molecule has 1 N–H and O–H groups in total. The van der Waals surface area contributed by atoms with E-state index in [1.807, 2.05) is 6.92 Å². The van der Waals surface area contributed by atoms with Gasteiger partial charge in [-0.1, -0.05) is 13.0 Å². The monoisotopic (exact) mass is 462 g/mol. The number of amides is 1. The van der Waals surface area contributed by atoms with Crippen LogP contribution in [-0.4, -0.2) is 36.5 Å². The number of fused-ring (bicyclic) bond motifs is 1. The second-order valence-corrected chi connectivity index (χ2v) is 7.69. The molecular weight excluding hydrogens is 441 g/mol. The summed E-state index contributed by atoms with van der Waals surface area (Å²) in [5.41, 5.74) is 0.122. The summed E-state index contributed by atoms with van der Waals surface area (Å²) in [7, 11) is 0. The van der Waals surface area contributed by atoms with E-state index in [1.165, 1.54) is 23.5 Å². The number of nitrogens with zero attached hydrogens (tertiary/aromatic N) is 1. The summed E-state index contributed by atoms with van der Waals surface area (Å²) in [5, 5.41) is 2.94. The van der Waals surface area contributed by atoms with Crippen molar-refractivity contribution >= 4 is 40.6 Å². The van der Waals surface area contributed by atoms with Gasteiger partial charge in [0.05, 0.1) is 17.7 Å². The van der Waals surface area contributed by atoms with E-state index in [1.54, 1.807) is 6.92 Å². The minimum Gasteiger partial charge on any atom is -0.462 e. The zero-order valence-corrected chi connectivity index (χ0v) is 18.1. The minimum absolute atomic E-state index is 0. The Morgan fingerprint density at radius 1 is 1.27 bits per heavy atom. The van der Waals surface area contributed by atoms with Gasteiger partial charge in [0.25, 0.3) is 5.91 Å². The quantitative estimate of drug-likeness (QED) is 0.635. The fourth-order valence-electron chi connectivity index (χ4n) is 3.25. The Balaban J connectivity index is 0.00000320. The van der Waals surface area contributed by atoms with Gasteiger partial charge in [0.2, 0.25) is 0 Å². The predicted molar refractivity (Wildman–Crippen MR) is 112 cm³/mol. The zero-order chi connectivity index (χ0) is 21.2. The summed E-state index contributed by atoms with van der Waals surface area (Å²) >= 11 is 1.27. The Bertz CT molecular complexity index is 931. The summed E-state index contributed by atoms with van der Waals surface area (Å²) in [6.45, 7) is 6.22. The van der Waals surface area contributed by atoms with Crippen molar-refractivity contribution in [2.75, 3.05) is 25.0 Å². The third kappa shape index (κ3) is 5.14. The number of halogens is 4. The normalized spacial score (nSPS) is 13.9. The molecule has 0 radical (unpaired) electrons. The lowest BCUT2D eigenvalue weighted by molar-refractivity contribution is -0.137. The third-order valence-corrected chi connectivity index (χ3v) is 5.87. The van der Waals surface area contributed by atoms with Crippen LogP contribution in [0.1, 0.15) is 50.6 Å². The average Bonchev–Trinajstić information content (AvgIpc) is 3.04. The van der Waals surface area contributed by atoms with E-state index in [9.17, 15) is 22.8 Å². The van der Waals surface area contributed by atoms with Crippen molar-refractivity contribution in [3.63, 3.8) is 0 Å². The van der Waals surface area contributed by atoms with Crippen molar-refractivity contribution < 1.29 is 27.5 Å². The summed E-state index contributed by atoms with van der Waals surface area (Å²) in [5.74, 6) is -1.23. The van der Waals surface area contributed by atoms with Crippen molar-refractivity contribution in [1.82, 2.24) is 4.90 Å². The van der Waals surface area contributed by atoms with Crippen LogP contribution in [0.25, 0.3) is 0 Å². The van der Waals surface area contributed by atoms with E-state index in [4.69, 9.17) is 4.74 Å². The van der Waals surface area contributed by atoms with E-state index in [2.05, 4.69) is 10.2 Å². The van der Waals surface area contributed by atoms with Crippen LogP contribution in [-0.2, 0) is 23.9 Å². The Hall–Kier alpha value is -2.10. The topological polar surface area (TPSA) is 58.6 Å². The van der Waals surface area contributed by atoms with E-state index >= 15 is 0 Å². The smallest absolute Gasteiger partial charge is 0.416 e. The zero-order valence-electron chi connectivity index (χ0n) is 16.5. The lowest BCUT2D eigenvalue weighted by Crippen LogP contribution is -2.30. The average molecular weight is 463 g/mol. The number of thiophene rings is 1. The molecule has 30 heavy (non-hydrogen) atoms. The van der Waals surface area contributed by atoms with Crippen molar-refractivity contribution in [2.45, 2.75) is 33.0 Å². The lowest BCUT2D eigenvalue weighted by Gasteiger charge is -2.25. The molecule has 3 rings (SSSR count). The van der Waals surface area contributed by atoms with Gasteiger partial charge in [-0.15, -0.1) is 23.7 Å². The number of carbonyl (C=O) groups is 2. The predicted octanol–water partition coefficient (Wildman–Crippen LogP) is 5.00. The summed E-state index contributed by atoms with van der Waals surface area (Å²) < 4.78 is 44.0. The lowest BCUT2D eigenvalue weighted by atomic mass is 10.0. The number of hydrogen-bond donors (Lipinski definition) is 1. The Kier molecular flexibility index (Phi) is 7.90. The molecule has 0 unspecified atom stereocenters. The Morgan fingerprint density at radius 2 is 2.00 bits per heavy atom. The van der Waals surface area contributed by atoms with E-state index in [0.29, 0.717) is 23.5 Å². The summed E-state index contributed by atoms with van der Waals surface area (Å²) in [4.78, 5) is 28.3. The molecule has 0 atom stereocenters. The van der Waals surface area contributed by atoms with Gasteiger partial charge >= 0.3 is 12.1 Å². The molecule has 0 aliphatic carbocycles.